The molecule has 0 aliphatic rings. The molecule has 3 nitrogen and oxygen atoms in total. The van der Waals surface area contributed by atoms with Crippen molar-refractivity contribution in [1.82, 2.24) is 0 Å². The first-order chi connectivity index (χ1) is 6.65. The summed E-state index contributed by atoms with van der Waals surface area (Å²) in [5.74, 6) is -0.300. The van der Waals surface area contributed by atoms with E-state index < -0.39 is 10.8 Å². The fraction of sp³-hybridized carbons (Fsp3) is 0.444. The van der Waals surface area contributed by atoms with Gasteiger partial charge in [0.05, 0.1) is 28.0 Å². The van der Waals surface area contributed by atoms with E-state index in [4.69, 9.17) is 0 Å². The van der Waals surface area contributed by atoms with E-state index >= 15 is 0 Å². The van der Waals surface area contributed by atoms with E-state index in [2.05, 4.69) is 4.74 Å². The van der Waals surface area contributed by atoms with Gasteiger partial charge in [0.25, 0.3) is 0 Å². The number of carbonyl (C=O) groups excluding carboxylic acids is 1. The molecule has 0 fully saturated rings. The first kappa shape index (κ1) is 11.4. The zero-order valence-electron chi connectivity index (χ0n) is 8.06. The fourth-order valence-electron chi connectivity index (χ4n) is 0.971. The highest BCUT2D eigenvalue weighted by molar-refractivity contribution is 7.87. The summed E-state index contributed by atoms with van der Waals surface area (Å²) < 4.78 is 17.0. The van der Waals surface area contributed by atoms with Crippen molar-refractivity contribution in [2.45, 2.75) is 11.1 Å². The van der Waals surface area contributed by atoms with Crippen molar-refractivity contribution in [1.29, 1.82) is 0 Å². The van der Waals surface area contributed by atoms with Gasteiger partial charge in [0.15, 0.2) is 0 Å². The maximum absolute atomic E-state index is 11.7. The predicted molar refractivity (Wildman–Crippen MR) is 56.8 cm³/mol. The molecular weight excluding hydrogens is 220 g/mol. The first-order valence-electron chi connectivity index (χ1n) is 4.15. The lowest BCUT2D eigenvalue weighted by molar-refractivity contribution is -0.144. The summed E-state index contributed by atoms with van der Waals surface area (Å²) >= 11 is 1.44. The summed E-state index contributed by atoms with van der Waals surface area (Å²) in [6, 6.07) is 3.66. The van der Waals surface area contributed by atoms with Gasteiger partial charge < -0.3 is 4.74 Å². The Morgan fingerprint density at radius 2 is 2.43 bits per heavy atom. The van der Waals surface area contributed by atoms with Crippen LogP contribution in [0.25, 0.3) is 0 Å². The van der Waals surface area contributed by atoms with Crippen LogP contribution in [0.15, 0.2) is 21.7 Å². The van der Waals surface area contributed by atoms with Crippen LogP contribution >= 0.6 is 11.3 Å². The number of methoxy groups -OCH3 is 1. The molecule has 1 rings (SSSR count). The molecule has 0 saturated carbocycles. The van der Waals surface area contributed by atoms with Crippen molar-refractivity contribution in [3.05, 3.63) is 17.5 Å². The third kappa shape index (κ3) is 2.92. The summed E-state index contributed by atoms with van der Waals surface area (Å²) in [6.07, 6.45) is 0. The molecule has 1 aromatic rings. The monoisotopic (exact) mass is 232 g/mol. The molecule has 2 unspecified atom stereocenters. The minimum absolute atomic E-state index is 0.310. The lowest BCUT2D eigenvalue weighted by Gasteiger charge is -2.07. The van der Waals surface area contributed by atoms with Gasteiger partial charge in [-0.1, -0.05) is 13.0 Å². The predicted octanol–water partition coefficient (Wildman–Crippen LogP) is 1.66. The van der Waals surface area contributed by atoms with Crippen LogP contribution in [-0.2, 0) is 20.3 Å². The number of rotatable bonds is 4. The Bertz CT molecular complexity index is 319. The summed E-state index contributed by atoms with van der Waals surface area (Å²) in [5.41, 5.74) is 0. The standard InChI is InChI=1S/C9H12O3S2/c1-7(9(10)12-2)6-14(11)8-4-3-5-13-8/h3-5,7H,6H2,1-2H3. The molecule has 0 saturated heterocycles. The quantitative estimate of drug-likeness (QED) is 0.742. The van der Waals surface area contributed by atoms with Gasteiger partial charge in [-0.3, -0.25) is 9.00 Å². The molecule has 1 aromatic heterocycles. The molecule has 5 heteroatoms. The van der Waals surface area contributed by atoms with Crippen LogP contribution in [0.1, 0.15) is 6.92 Å². The minimum atomic E-state index is -1.09. The average Bonchev–Trinajstić information content (AvgIpc) is 2.69. The minimum Gasteiger partial charge on any atom is -0.469 e. The van der Waals surface area contributed by atoms with Crippen molar-refractivity contribution in [3.8, 4) is 0 Å². The highest BCUT2D eigenvalue weighted by Gasteiger charge is 2.17. The van der Waals surface area contributed by atoms with E-state index in [1.54, 1.807) is 6.92 Å². The van der Waals surface area contributed by atoms with Crippen LogP contribution < -0.4 is 0 Å². The zero-order chi connectivity index (χ0) is 10.6. The maximum Gasteiger partial charge on any atom is 0.309 e. The first-order valence-corrected chi connectivity index (χ1v) is 6.34. The van der Waals surface area contributed by atoms with Gasteiger partial charge in [-0.2, -0.15) is 0 Å². The topological polar surface area (TPSA) is 43.4 Å². The highest BCUT2D eigenvalue weighted by Crippen LogP contribution is 2.16. The van der Waals surface area contributed by atoms with E-state index in [1.807, 2.05) is 17.5 Å². The van der Waals surface area contributed by atoms with E-state index in [0.29, 0.717) is 5.75 Å². The van der Waals surface area contributed by atoms with Gasteiger partial charge in [-0.05, 0) is 11.4 Å². The largest absolute Gasteiger partial charge is 0.469 e. The lowest BCUT2D eigenvalue weighted by atomic mass is 10.2. The molecule has 0 spiro atoms. The Morgan fingerprint density at radius 1 is 1.71 bits per heavy atom. The lowest BCUT2D eigenvalue weighted by Crippen LogP contribution is -2.19. The summed E-state index contributed by atoms with van der Waals surface area (Å²) in [7, 11) is 0.253. The van der Waals surface area contributed by atoms with Crippen LogP contribution in [0.2, 0.25) is 0 Å². The van der Waals surface area contributed by atoms with Gasteiger partial charge in [0.2, 0.25) is 0 Å². The summed E-state index contributed by atoms with van der Waals surface area (Å²) in [4.78, 5) is 11.1. The molecule has 0 aromatic carbocycles. The summed E-state index contributed by atoms with van der Waals surface area (Å²) in [5, 5.41) is 1.87. The average molecular weight is 232 g/mol. The van der Waals surface area contributed by atoms with Crippen LogP contribution in [0.4, 0.5) is 0 Å². The number of carbonyl (C=O) groups is 1. The number of hydrogen-bond donors (Lipinski definition) is 0. The van der Waals surface area contributed by atoms with Crippen molar-refractivity contribution < 1.29 is 13.7 Å². The second-order valence-corrected chi connectivity index (χ2v) is 5.54. The highest BCUT2D eigenvalue weighted by atomic mass is 32.2. The van der Waals surface area contributed by atoms with Crippen LogP contribution in [0, 0.1) is 5.92 Å². The van der Waals surface area contributed by atoms with Crippen LogP contribution in [0.5, 0.6) is 0 Å². The molecule has 0 radical (unpaired) electrons. The SMILES string of the molecule is COC(=O)C(C)CS(=O)c1cccs1. The van der Waals surface area contributed by atoms with Crippen molar-refractivity contribution in [3.63, 3.8) is 0 Å². The number of ether oxygens (including phenoxy) is 1. The summed E-state index contributed by atoms with van der Waals surface area (Å²) in [6.45, 7) is 1.72. The zero-order valence-corrected chi connectivity index (χ0v) is 9.69. The molecule has 14 heavy (non-hydrogen) atoms. The molecule has 78 valence electrons. The van der Waals surface area contributed by atoms with Crippen molar-refractivity contribution >= 4 is 28.1 Å². The van der Waals surface area contributed by atoms with Gasteiger partial charge in [-0.15, -0.1) is 11.3 Å². The van der Waals surface area contributed by atoms with E-state index in [9.17, 15) is 9.00 Å². The molecular formula is C9H12O3S2. The van der Waals surface area contributed by atoms with E-state index in [1.165, 1.54) is 18.4 Å². The second-order valence-electron chi connectivity index (χ2n) is 2.87. The Hall–Kier alpha value is -0.680. The molecule has 1 heterocycles. The van der Waals surface area contributed by atoms with E-state index in [0.717, 1.165) is 4.21 Å². The van der Waals surface area contributed by atoms with Crippen molar-refractivity contribution in [2.24, 2.45) is 5.92 Å². The maximum atomic E-state index is 11.7. The molecule has 0 aliphatic carbocycles. The van der Waals surface area contributed by atoms with E-state index in [-0.39, 0.29) is 11.9 Å². The Labute approximate surface area is 89.5 Å². The Balaban J connectivity index is 2.53. The van der Waals surface area contributed by atoms with Gasteiger partial charge in [-0.25, -0.2) is 0 Å². The van der Waals surface area contributed by atoms with Crippen LogP contribution in [0.3, 0.4) is 0 Å². The van der Waals surface area contributed by atoms with Gasteiger partial charge in [0, 0.05) is 5.75 Å². The Morgan fingerprint density at radius 3 is 2.93 bits per heavy atom. The molecule has 2 atom stereocenters. The van der Waals surface area contributed by atoms with Gasteiger partial charge >= 0.3 is 5.97 Å². The molecule has 0 aliphatic heterocycles. The normalized spacial score (nSPS) is 14.7. The number of esters is 1. The van der Waals surface area contributed by atoms with Crippen molar-refractivity contribution in [2.75, 3.05) is 12.9 Å². The number of hydrogen-bond acceptors (Lipinski definition) is 4. The molecule has 0 N–H and O–H groups in total. The third-order valence-electron chi connectivity index (χ3n) is 1.72. The second kappa shape index (κ2) is 5.26. The molecule has 0 bridgehead atoms. The molecule has 0 amide bonds. The third-order valence-corrected chi connectivity index (χ3v) is 4.62. The number of thiophene rings is 1. The van der Waals surface area contributed by atoms with Crippen LogP contribution in [-0.4, -0.2) is 23.0 Å². The Kier molecular flexibility index (Phi) is 4.28. The smallest absolute Gasteiger partial charge is 0.309 e. The van der Waals surface area contributed by atoms with Gasteiger partial charge in [0.1, 0.15) is 0 Å². The fourth-order valence-corrected chi connectivity index (χ4v) is 3.20.